The van der Waals surface area contributed by atoms with Gasteiger partial charge in [0, 0.05) is 24.5 Å². The summed E-state index contributed by atoms with van der Waals surface area (Å²) in [5, 5.41) is 5.25. The molecule has 2 rings (SSSR count). The molecular weight excluding hydrogens is 330 g/mol. The highest BCUT2D eigenvalue weighted by Crippen LogP contribution is 2.25. The van der Waals surface area contributed by atoms with E-state index in [4.69, 9.17) is 0 Å². The minimum Gasteiger partial charge on any atom is -0.354 e. The van der Waals surface area contributed by atoms with Crippen LogP contribution in [0.2, 0.25) is 0 Å². The molecule has 1 heterocycles. The Hall–Kier alpha value is -0.850. The van der Waals surface area contributed by atoms with Gasteiger partial charge in [0.25, 0.3) is 5.92 Å². The molecule has 0 aromatic heterocycles. The van der Waals surface area contributed by atoms with Crippen molar-refractivity contribution in [3.05, 3.63) is 35.4 Å². The average molecular weight is 351 g/mol. The fraction of sp³-hybridized carbons (Fsp3) is 0.533. The van der Waals surface area contributed by atoms with Crippen molar-refractivity contribution >= 4 is 30.1 Å². The Balaban J connectivity index is 0.00000242. The first kappa shape index (κ1) is 19.2. The second-order valence-corrected chi connectivity index (χ2v) is 6.43. The second-order valence-electron chi connectivity index (χ2n) is 5.32. The van der Waals surface area contributed by atoms with Gasteiger partial charge in [0.15, 0.2) is 0 Å². The van der Waals surface area contributed by atoms with Crippen LogP contribution >= 0.6 is 24.2 Å². The van der Waals surface area contributed by atoms with Crippen LogP contribution in [0.1, 0.15) is 17.5 Å². The zero-order valence-corrected chi connectivity index (χ0v) is 14.0. The fourth-order valence-electron chi connectivity index (χ4n) is 2.14. The molecule has 1 fully saturated rings. The summed E-state index contributed by atoms with van der Waals surface area (Å²) in [6, 6.07) is 7.56. The van der Waals surface area contributed by atoms with E-state index in [1.807, 2.05) is 6.92 Å². The summed E-state index contributed by atoms with van der Waals surface area (Å²) in [5.74, 6) is -1.44. The molecule has 1 aromatic carbocycles. The Morgan fingerprint density at radius 2 is 2.09 bits per heavy atom. The Bertz CT molecular complexity index is 485. The van der Waals surface area contributed by atoms with Crippen LogP contribution in [0.15, 0.2) is 24.3 Å². The smallest absolute Gasteiger partial charge is 0.262 e. The first-order chi connectivity index (χ1) is 9.96. The first-order valence-corrected chi connectivity index (χ1v) is 8.14. The van der Waals surface area contributed by atoms with Crippen LogP contribution in [0.3, 0.4) is 0 Å². The minimum atomic E-state index is -2.76. The van der Waals surface area contributed by atoms with Crippen molar-refractivity contribution in [1.82, 2.24) is 10.6 Å². The number of thioether (sulfide) groups is 1. The lowest BCUT2D eigenvalue weighted by Crippen LogP contribution is -2.41. The van der Waals surface area contributed by atoms with Gasteiger partial charge >= 0.3 is 0 Å². The van der Waals surface area contributed by atoms with Gasteiger partial charge in [-0.3, -0.25) is 10.1 Å². The lowest BCUT2D eigenvalue weighted by molar-refractivity contribution is -0.123. The molecule has 1 unspecified atom stereocenters. The molecule has 0 saturated carbocycles. The fourth-order valence-corrected chi connectivity index (χ4v) is 2.96. The van der Waals surface area contributed by atoms with Crippen molar-refractivity contribution in [3.8, 4) is 0 Å². The second kappa shape index (κ2) is 8.70. The molecule has 1 atom stereocenters. The van der Waals surface area contributed by atoms with Gasteiger partial charge in [-0.1, -0.05) is 29.8 Å². The maximum absolute atomic E-state index is 13.0. The molecule has 0 radical (unpaired) electrons. The van der Waals surface area contributed by atoms with Crippen LogP contribution in [0.25, 0.3) is 0 Å². The first-order valence-electron chi connectivity index (χ1n) is 6.98. The molecule has 3 nitrogen and oxygen atoms in total. The normalized spacial score (nSPS) is 19.5. The van der Waals surface area contributed by atoms with Crippen LogP contribution in [0.4, 0.5) is 8.78 Å². The number of carbonyl (C=O) groups is 1. The monoisotopic (exact) mass is 350 g/mol. The number of aryl methyl sites for hydroxylation is 1. The Kier molecular flexibility index (Phi) is 7.59. The van der Waals surface area contributed by atoms with Crippen molar-refractivity contribution in [2.24, 2.45) is 0 Å². The number of hydrogen-bond acceptors (Lipinski definition) is 3. The third-order valence-electron chi connectivity index (χ3n) is 3.36. The van der Waals surface area contributed by atoms with Crippen LogP contribution in [-0.2, 0) is 10.5 Å². The van der Waals surface area contributed by atoms with Gasteiger partial charge in [-0.15, -0.1) is 12.4 Å². The van der Waals surface area contributed by atoms with Crippen LogP contribution < -0.4 is 10.6 Å². The maximum Gasteiger partial charge on any atom is 0.262 e. The van der Waals surface area contributed by atoms with Crippen molar-refractivity contribution in [2.75, 3.05) is 18.8 Å². The van der Waals surface area contributed by atoms with Crippen LogP contribution in [0, 0.1) is 6.92 Å². The van der Waals surface area contributed by atoms with Crippen LogP contribution in [-0.4, -0.2) is 36.7 Å². The third kappa shape index (κ3) is 6.10. The molecule has 1 aromatic rings. The number of benzene rings is 1. The van der Waals surface area contributed by atoms with E-state index < -0.39 is 24.9 Å². The minimum absolute atomic E-state index is 0. The molecule has 1 saturated heterocycles. The molecule has 1 aliphatic heterocycles. The van der Waals surface area contributed by atoms with E-state index in [1.165, 1.54) is 11.1 Å². The van der Waals surface area contributed by atoms with Crippen molar-refractivity contribution in [2.45, 2.75) is 31.1 Å². The highest BCUT2D eigenvalue weighted by molar-refractivity contribution is 7.98. The average Bonchev–Trinajstić information content (AvgIpc) is 2.81. The topological polar surface area (TPSA) is 41.1 Å². The summed E-state index contributed by atoms with van der Waals surface area (Å²) in [6.07, 6.45) is -0.407. The number of nitrogens with one attached hydrogen (secondary N) is 2. The molecule has 0 spiro atoms. The van der Waals surface area contributed by atoms with E-state index >= 15 is 0 Å². The summed E-state index contributed by atoms with van der Waals surface area (Å²) in [6.45, 7) is 2.14. The number of alkyl halides is 2. The summed E-state index contributed by atoms with van der Waals surface area (Å²) < 4.78 is 25.9. The van der Waals surface area contributed by atoms with E-state index in [0.717, 1.165) is 11.5 Å². The van der Waals surface area contributed by atoms with Crippen LogP contribution in [0.5, 0.6) is 0 Å². The number of carbonyl (C=O) groups excluding carboxylic acids is 1. The van der Waals surface area contributed by atoms with E-state index in [1.54, 1.807) is 11.8 Å². The van der Waals surface area contributed by atoms with Gasteiger partial charge in [-0.05, 0) is 12.5 Å². The van der Waals surface area contributed by atoms with Crippen molar-refractivity contribution in [3.63, 3.8) is 0 Å². The predicted molar refractivity (Wildman–Crippen MR) is 89.0 cm³/mol. The van der Waals surface area contributed by atoms with Gasteiger partial charge in [-0.25, -0.2) is 8.78 Å². The summed E-state index contributed by atoms with van der Waals surface area (Å²) in [4.78, 5) is 11.7. The third-order valence-corrected chi connectivity index (χ3v) is 4.39. The van der Waals surface area contributed by atoms with Gasteiger partial charge < -0.3 is 5.32 Å². The number of rotatable bonds is 6. The zero-order valence-electron chi connectivity index (χ0n) is 12.4. The number of hydrogen-bond donors (Lipinski definition) is 2. The lowest BCUT2D eigenvalue weighted by atomic mass is 10.2. The predicted octanol–water partition coefficient (Wildman–Crippen LogP) is 2.76. The van der Waals surface area contributed by atoms with E-state index in [-0.39, 0.29) is 18.3 Å². The zero-order chi connectivity index (χ0) is 15.3. The Morgan fingerprint density at radius 1 is 1.41 bits per heavy atom. The van der Waals surface area contributed by atoms with E-state index in [0.29, 0.717) is 6.54 Å². The molecule has 1 aliphatic rings. The van der Waals surface area contributed by atoms with Gasteiger partial charge in [0.05, 0.1) is 12.6 Å². The number of halogens is 3. The van der Waals surface area contributed by atoms with Crippen molar-refractivity contribution < 1.29 is 13.6 Å². The van der Waals surface area contributed by atoms with Gasteiger partial charge in [-0.2, -0.15) is 11.8 Å². The Morgan fingerprint density at radius 3 is 2.68 bits per heavy atom. The summed E-state index contributed by atoms with van der Waals surface area (Å²) in [7, 11) is 0. The molecule has 124 valence electrons. The highest BCUT2D eigenvalue weighted by atomic mass is 35.5. The maximum atomic E-state index is 13.0. The van der Waals surface area contributed by atoms with Gasteiger partial charge in [0.2, 0.25) is 5.91 Å². The Labute approximate surface area is 140 Å². The molecule has 22 heavy (non-hydrogen) atoms. The molecule has 1 amide bonds. The molecule has 0 bridgehead atoms. The molecule has 2 N–H and O–H groups in total. The van der Waals surface area contributed by atoms with Crippen molar-refractivity contribution in [1.29, 1.82) is 0 Å². The largest absolute Gasteiger partial charge is 0.354 e. The van der Waals surface area contributed by atoms with E-state index in [2.05, 4.69) is 34.9 Å². The molecular formula is C15H21ClF2N2OS. The summed E-state index contributed by atoms with van der Waals surface area (Å²) in [5.41, 5.74) is 2.48. The quantitative estimate of drug-likeness (QED) is 0.775. The molecule has 7 heteroatoms. The standard InChI is InChI=1S/C15H20F2N2OS.ClH/c1-11-2-4-12(5-3-11)9-21-7-6-18-14(20)13-8-15(16,17)10-19-13;/h2-5,13,19H,6-10H2,1H3,(H,18,20);1H. The van der Waals surface area contributed by atoms with Gasteiger partial charge in [0.1, 0.15) is 0 Å². The van der Waals surface area contributed by atoms with E-state index in [9.17, 15) is 13.6 Å². The lowest BCUT2D eigenvalue weighted by Gasteiger charge is -2.11. The summed E-state index contributed by atoms with van der Waals surface area (Å²) >= 11 is 1.71. The highest BCUT2D eigenvalue weighted by Gasteiger charge is 2.42. The SMILES string of the molecule is Cc1ccc(CSCCNC(=O)C2CC(F)(F)CN2)cc1.Cl. The molecule has 0 aliphatic carbocycles. The number of amides is 1.